The zero-order valence-corrected chi connectivity index (χ0v) is 18.9. The molecule has 3 aromatic heterocycles. The van der Waals surface area contributed by atoms with Crippen molar-refractivity contribution in [3.8, 4) is 11.3 Å². The van der Waals surface area contributed by atoms with Crippen LogP contribution in [0.3, 0.4) is 0 Å². The molecule has 5 rings (SSSR count). The van der Waals surface area contributed by atoms with Gasteiger partial charge in [-0.3, -0.25) is 0 Å². The maximum absolute atomic E-state index is 9.64. The SMILES string of the molecule is CCC(CO)Nc1nc(NCc2ccc(-c3ccco3)cc2)c2ncn(C3CCCC3)c2n1. The summed E-state index contributed by atoms with van der Waals surface area (Å²) < 4.78 is 7.67. The van der Waals surface area contributed by atoms with Crippen LogP contribution in [0.4, 0.5) is 11.8 Å². The molecule has 1 saturated carbocycles. The highest BCUT2D eigenvalue weighted by molar-refractivity contribution is 5.84. The molecular formula is C25H30N6O2. The van der Waals surface area contributed by atoms with Gasteiger partial charge in [0.2, 0.25) is 5.95 Å². The van der Waals surface area contributed by atoms with E-state index >= 15 is 0 Å². The van der Waals surface area contributed by atoms with Crippen molar-refractivity contribution in [2.45, 2.75) is 57.7 Å². The summed E-state index contributed by atoms with van der Waals surface area (Å²) in [6, 6.07) is 12.5. The zero-order valence-electron chi connectivity index (χ0n) is 18.9. The molecule has 1 fully saturated rings. The average Bonchev–Trinajstić information content (AvgIpc) is 3.62. The third-order valence-corrected chi connectivity index (χ3v) is 6.41. The van der Waals surface area contributed by atoms with Crippen LogP contribution in [-0.4, -0.2) is 37.3 Å². The number of nitrogens with one attached hydrogen (secondary N) is 2. The summed E-state index contributed by atoms with van der Waals surface area (Å²) in [6.45, 7) is 2.67. The van der Waals surface area contributed by atoms with Crippen molar-refractivity contribution in [2.24, 2.45) is 0 Å². The van der Waals surface area contributed by atoms with Crippen molar-refractivity contribution in [3.63, 3.8) is 0 Å². The number of aliphatic hydroxyl groups excluding tert-OH is 1. The normalized spacial score (nSPS) is 15.2. The van der Waals surface area contributed by atoms with Crippen molar-refractivity contribution in [3.05, 3.63) is 54.6 Å². The number of imidazole rings is 1. The van der Waals surface area contributed by atoms with Gasteiger partial charge in [0.15, 0.2) is 17.0 Å². The highest BCUT2D eigenvalue weighted by atomic mass is 16.3. The van der Waals surface area contributed by atoms with Crippen molar-refractivity contribution in [2.75, 3.05) is 17.2 Å². The number of fused-ring (bicyclic) bond motifs is 1. The molecule has 0 saturated heterocycles. The number of hydrogen-bond acceptors (Lipinski definition) is 7. The Hall–Kier alpha value is -3.39. The summed E-state index contributed by atoms with van der Waals surface area (Å²) in [5, 5.41) is 16.4. The summed E-state index contributed by atoms with van der Waals surface area (Å²) >= 11 is 0. The molecule has 0 radical (unpaired) electrons. The smallest absolute Gasteiger partial charge is 0.227 e. The standard InChI is InChI=1S/C25H30N6O2/c1-2-19(15-32)28-25-29-23(22-24(30-25)31(16-27-22)20-6-3-4-7-20)26-14-17-9-11-18(12-10-17)21-8-5-13-33-21/h5,8-13,16,19-20,32H,2-4,6-7,14-15H2,1H3,(H2,26,28,29,30). The van der Waals surface area contributed by atoms with E-state index in [0.29, 0.717) is 24.4 Å². The number of rotatable bonds is 9. The Labute approximate surface area is 193 Å². The van der Waals surface area contributed by atoms with Gasteiger partial charge in [-0.05, 0) is 37.0 Å². The minimum atomic E-state index is -0.0905. The first-order chi connectivity index (χ1) is 16.2. The number of furan rings is 1. The van der Waals surface area contributed by atoms with Gasteiger partial charge >= 0.3 is 0 Å². The Morgan fingerprint density at radius 3 is 2.67 bits per heavy atom. The summed E-state index contributed by atoms with van der Waals surface area (Å²) in [7, 11) is 0. The molecule has 3 heterocycles. The van der Waals surface area contributed by atoms with Crippen LogP contribution in [0.25, 0.3) is 22.5 Å². The molecular weight excluding hydrogens is 416 g/mol. The Morgan fingerprint density at radius 2 is 1.97 bits per heavy atom. The number of aliphatic hydroxyl groups is 1. The highest BCUT2D eigenvalue weighted by Crippen LogP contribution is 2.33. The molecule has 0 spiro atoms. The quantitative estimate of drug-likeness (QED) is 0.333. The van der Waals surface area contributed by atoms with Crippen LogP contribution >= 0.6 is 0 Å². The first-order valence-electron chi connectivity index (χ1n) is 11.7. The topological polar surface area (TPSA) is 101 Å². The predicted molar refractivity (Wildman–Crippen MR) is 129 cm³/mol. The third-order valence-electron chi connectivity index (χ3n) is 6.41. The van der Waals surface area contributed by atoms with Gasteiger partial charge in [0.25, 0.3) is 0 Å². The molecule has 0 bridgehead atoms. The molecule has 1 aliphatic rings. The first kappa shape index (κ1) is 21.5. The Bertz CT molecular complexity index is 1180. The van der Waals surface area contributed by atoms with E-state index in [1.54, 1.807) is 6.26 Å². The minimum absolute atomic E-state index is 0.0323. The third kappa shape index (κ3) is 4.57. The molecule has 1 atom stereocenters. The summed E-state index contributed by atoms with van der Waals surface area (Å²) in [4.78, 5) is 14.2. The van der Waals surface area contributed by atoms with Crippen LogP contribution < -0.4 is 10.6 Å². The van der Waals surface area contributed by atoms with E-state index in [1.165, 1.54) is 12.8 Å². The summed E-state index contributed by atoms with van der Waals surface area (Å²) in [5.41, 5.74) is 3.78. The fourth-order valence-electron chi connectivity index (χ4n) is 4.43. The second-order valence-electron chi connectivity index (χ2n) is 8.62. The number of hydrogen-bond donors (Lipinski definition) is 3. The molecule has 8 heteroatoms. The molecule has 1 unspecified atom stereocenters. The van der Waals surface area contributed by atoms with E-state index in [1.807, 2.05) is 25.4 Å². The van der Waals surface area contributed by atoms with Gasteiger partial charge in [0.05, 0.1) is 25.2 Å². The molecule has 8 nitrogen and oxygen atoms in total. The monoisotopic (exact) mass is 446 g/mol. The number of nitrogens with zero attached hydrogens (tertiary/aromatic N) is 4. The van der Waals surface area contributed by atoms with E-state index in [0.717, 1.165) is 47.3 Å². The summed E-state index contributed by atoms with van der Waals surface area (Å²) in [6.07, 6.45) is 9.14. The average molecular weight is 447 g/mol. The van der Waals surface area contributed by atoms with Crippen molar-refractivity contribution >= 4 is 22.9 Å². The largest absolute Gasteiger partial charge is 0.464 e. The number of aromatic nitrogens is 4. The second kappa shape index (κ2) is 9.62. The van der Waals surface area contributed by atoms with E-state index in [9.17, 15) is 5.11 Å². The number of benzene rings is 1. The molecule has 4 aromatic rings. The van der Waals surface area contributed by atoms with Gasteiger partial charge in [-0.25, -0.2) is 4.98 Å². The van der Waals surface area contributed by atoms with Gasteiger partial charge < -0.3 is 24.7 Å². The van der Waals surface area contributed by atoms with E-state index < -0.39 is 0 Å². The second-order valence-corrected chi connectivity index (χ2v) is 8.62. The van der Waals surface area contributed by atoms with Crippen molar-refractivity contribution < 1.29 is 9.52 Å². The lowest BCUT2D eigenvalue weighted by Crippen LogP contribution is -2.24. The van der Waals surface area contributed by atoms with Gasteiger partial charge in [0, 0.05) is 18.2 Å². The van der Waals surface area contributed by atoms with Crippen LogP contribution in [0.1, 0.15) is 50.6 Å². The van der Waals surface area contributed by atoms with Crippen LogP contribution in [0.5, 0.6) is 0 Å². The fourth-order valence-corrected chi connectivity index (χ4v) is 4.43. The molecule has 0 amide bonds. The van der Waals surface area contributed by atoms with E-state index in [2.05, 4.69) is 44.5 Å². The Morgan fingerprint density at radius 1 is 1.15 bits per heavy atom. The van der Waals surface area contributed by atoms with Crippen LogP contribution in [0.15, 0.2) is 53.4 Å². The van der Waals surface area contributed by atoms with Gasteiger partial charge in [-0.1, -0.05) is 44.0 Å². The summed E-state index contributed by atoms with van der Waals surface area (Å²) in [5.74, 6) is 2.07. The zero-order chi connectivity index (χ0) is 22.6. The van der Waals surface area contributed by atoms with Gasteiger partial charge in [0.1, 0.15) is 5.76 Å². The lowest BCUT2D eigenvalue weighted by atomic mass is 10.1. The Balaban J connectivity index is 1.41. The predicted octanol–water partition coefficient (Wildman–Crippen LogP) is 5.00. The van der Waals surface area contributed by atoms with Crippen LogP contribution in [0, 0.1) is 0 Å². The van der Waals surface area contributed by atoms with Gasteiger partial charge in [-0.2, -0.15) is 9.97 Å². The molecule has 0 aliphatic heterocycles. The highest BCUT2D eigenvalue weighted by Gasteiger charge is 2.22. The maximum Gasteiger partial charge on any atom is 0.227 e. The fraction of sp³-hybridized carbons (Fsp3) is 0.400. The van der Waals surface area contributed by atoms with Crippen LogP contribution in [0.2, 0.25) is 0 Å². The molecule has 172 valence electrons. The maximum atomic E-state index is 9.64. The first-order valence-corrected chi connectivity index (χ1v) is 11.7. The van der Waals surface area contributed by atoms with Crippen molar-refractivity contribution in [1.29, 1.82) is 0 Å². The number of anilines is 2. The van der Waals surface area contributed by atoms with Gasteiger partial charge in [-0.15, -0.1) is 0 Å². The van der Waals surface area contributed by atoms with Crippen molar-refractivity contribution in [1.82, 2.24) is 19.5 Å². The van der Waals surface area contributed by atoms with E-state index in [-0.39, 0.29) is 12.6 Å². The van der Waals surface area contributed by atoms with Crippen LogP contribution in [-0.2, 0) is 6.54 Å². The Kier molecular flexibility index (Phi) is 6.26. The molecule has 1 aromatic carbocycles. The molecule has 33 heavy (non-hydrogen) atoms. The lowest BCUT2D eigenvalue weighted by molar-refractivity contribution is 0.271. The molecule has 1 aliphatic carbocycles. The molecule has 3 N–H and O–H groups in total. The lowest BCUT2D eigenvalue weighted by Gasteiger charge is -2.17. The minimum Gasteiger partial charge on any atom is -0.464 e. The van der Waals surface area contributed by atoms with E-state index in [4.69, 9.17) is 14.4 Å².